The summed E-state index contributed by atoms with van der Waals surface area (Å²) >= 11 is 3.37. The van der Waals surface area contributed by atoms with Gasteiger partial charge in [0.1, 0.15) is 0 Å². The molecule has 0 spiro atoms. The van der Waals surface area contributed by atoms with E-state index in [9.17, 15) is 9.59 Å². The van der Waals surface area contributed by atoms with Crippen molar-refractivity contribution in [3.63, 3.8) is 0 Å². The summed E-state index contributed by atoms with van der Waals surface area (Å²) in [5.41, 5.74) is 6.08. The smallest absolute Gasteiger partial charge is 0.271 e. The normalized spacial score (nSPS) is 11.7. The van der Waals surface area contributed by atoms with Gasteiger partial charge in [-0.3, -0.25) is 14.8 Å². The Morgan fingerprint density at radius 2 is 1.69 bits per heavy atom. The molecule has 0 unspecified atom stereocenters. The second kappa shape index (κ2) is 10.1. The maximum absolute atomic E-state index is 12.0. The second-order valence-corrected chi connectivity index (χ2v) is 5.99. The quantitative estimate of drug-likeness (QED) is 0.293. The molecule has 3 N–H and O–H groups in total. The first-order valence-electron chi connectivity index (χ1n) is 7.56. The summed E-state index contributed by atoms with van der Waals surface area (Å²) in [6.45, 7) is 0. The topological polar surface area (TPSA) is 90.8 Å². The molecule has 0 bridgehead atoms. The van der Waals surface area contributed by atoms with E-state index in [1.54, 1.807) is 24.3 Å². The predicted molar refractivity (Wildman–Crippen MR) is 105 cm³/mol. The number of hydrazone groups is 1. The first-order valence-corrected chi connectivity index (χ1v) is 8.35. The Morgan fingerprint density at radius 1 is 1.00 bits per heavy atom. The van der Waals surface area contributed by atoms with Gasteiger partial charge in [-0.1, -0.05) is 42.5 Å². The van der Waals surface area contributed by atoms with Crippen LogP contribution in [0.5, 0.6) is 0 Å². The molecule has 26 heavy (non-hydrogen) atoms. The number of allylic oxidation sites excluding steroid dienone is 1. The molecule has 0 saturated carbocycles. The molecular weight excluding hydrogens is 398 g/mol. The Kier molecular flexibility index (Phi) is 7.48. The lowest BCUT2D eigenvalue weighted by Crippen LogP contribution is -2.17. The molecule has 0 heterocycles. The molecule has 0 aliphatic carbocycles. The number of carbonyl (C=O) groups is 2. The number of hydroxylamine groups is 1. The highest BCUT2D eigenvalue weighted by atomic mass is 79.9. The number of hydrogen-bond donors (Lipinski definition) is 3. The number of nitrogens with one attached hydrogen (secondary N) is 2. The third-order valence-corrected chi connectivity index (χ3v) is 3.60. The summed E-state index contributed by atoms with van der Waals surface area (Å²) in [5, 5.41) is 12.3. The third kappa shape index (κ3) is 6.46. The van der Waals surface area contributed by atoms with E-state index in [1.807, 2.05) is 36.4 Å². The van der Waals surface area contributed by atoms with Crippen LogP contribution < -0.4 is 10.9 Å². The zero-order valence-corrected chi connectivity index (χ0v) is 15.2. The van der Waals surface area contributed by atoms with E-state index in [0.29, 0.717) is 15.6 Å². The lowest BCUT2D eigenvalue weighted by Gasteiger charge is -2.00. The van der Waals surface area contributed by atoms with E-state index >= 15 is 0 Å². The van der Waals surface area contributed by atoms with Gasteiger partial charge in [0.2, 0.25) is 0 Å². The largest absolute Gasteiger partial charge is 0.288 e. The van der Waals surface area contributed by atoms with E-state index in [1.165, 1.54) is 23.8 Å². The average molecular weight is 414 g/mol. The monoisotopic (exact) mass is 413 g/mol. The zero-order valence-electron chi connectivity index (χ0n) is 13.6. The first kappa shape index (κ1) is 19.3. The molecule has 132 valence electrons. The van der Waals surface area contributed by atoms with Crippen LogP contribution in [0, 0.1) is 0 Å². The molecule has 2 amide bonds. The fourth-order valence-corrected chi connectivity index (χ4v) is 2.28. The molecule has 2 aromatic carbocycles. The highest BCUT2D eigenvalue weighted by molar-refractivity contribution is 9.12. The summed E-state index contributed by atoms with van der Waals surface area (Å²) in [7, 11) is 0. The van der Waals surface area contributed by atoms with Crippen LogP contribution in [0.4, 0.5) is 0 Å². The van der Waals surface area contributed by atoms with Crippen LogP contribution in [0.1, 0.15) is 21.5 Å². The molecule has 2 rings (SSSR count). The van der Waals surface area contributed by atoms with Crippen molar-refractivity contribution in [2.45, 2.75) is 0 Å². The molecule has 0 saturated heterocycles. The molecule has 0 radical (unpaired) electrons. The van der Waals surface area contributed by atoms with E-state index in [0.717, 1.165) is 5.56 Å². The van der Waals surface area contributed by atoms with Crippen LogP contribution in [0.3, 0.4) is 0 Å². The number of halogens is 1. The van der Waals surface area contributed by atoms with Gasteiger partial charge < -0.3 is 0 Å². The zero-order chi connectivity index (χ0) is 18.8. The van der Waals surface area contributed by atoms with Crippen LogP contribution in [-0.2, 0) is 4.79 Å². The van der Waals surface area contributed by atoms with Gasteiger partial charge in [-0.2, -0.15) is 5.10 Å². The number of nitrogens with zero attached hydrogens (tertiary/aromatic N) is 1. The minimum atomic E-state index is -0.629. The van der Waals surface area contributed by atoms with Crippen molar-refractivity contribution in [3.8, 4) is 0 Å². The molecular formula is C19H16BrN3O3. The van der Waals surface area contributed by atoms with E-state index in [-0.39, 0.29) is 5.91 Å². The molecule has 2 aromatic rings. The molecule has 0 aliphatic rings. The van der Waals surface area contributed by atoms with Gasteiger partial charge in [0.05, 0.1) is 6.21 Å². The van der Waals surface area contributed by atoms with E-state index < -0.39 is 5.91 Å². The summed E-state index contributed by atoms with van der Waals surface area (Å²) in [6, 6.07) is 16.3. The van der Waals surface area contributed by atoms with Crippen LogP contribution in [0.15, 0.2) is 70.3 Å². The fourth-order valence-electron chi connectivity index (χ4n) is 1.92. The van der Waals surface area contributed by atoms with Gasteiger partial charge in [0.25, 0.3) is 11.8 Å². The Labute approximate surface area is 159 Å². The average Bonchev–Trinajstić information content (AvgIpc) is 2.67. The minimum Gasteiger partial charge on any atom is -0.288 e. The minimum absolute atomic E-state index is 0.357. The van der Waals surface area contributed by atoms with E-state index in [2.05, 4.69) is 26.5 Å². The lowest BCUT2D eigenvalue weighted by atomic mass is 10.1. The van der Waals surface area contributed by atoms with Gasteiger partial charge in [-0.15, -0.1) is 0 Å². The summed E-state index contributed by atoms with van der Waals surface area (Å²) in [5.74, 6) is -0.986. The number of hydrogen-bond acceptors (Lipinski definition) is 4. The van der Waals surface area contributed by atoms with Crippen molar-refractivity contribution in [1.82, 2.24) is 10.9 Å². The summed E-state index contributed by atoms with van der Waals surface area (Å²) in [6.07, 6.45) is 6.06. The SMILES string of the molecule is O=C(C=Cc1ccc(C(=O)NN=CC(Br)=Cc2ccccc2)cc1)NO. The maximum Gasteiger partial charge on any atom is 0.271 e. The van der Waals surface area contributed by atoms with E-state index in [4.69, 9.17) is 5.21 Å². The number of benzene rings is 2. The highest BCUT2D eigenvalue weighted by Crippen LogP contribution is 2.10. The highest BCUT2D eigenvalue weighted by Gasteiger charge is 2.03. The van der Waals surface area contributed by atoms with Gasteiger partial charge in [0.15, 0.2) is 0 Å². The summed E-state index contributed by atoms with van der Waals surface area (Å²) in [4.78, 5) is 22.9. The summed E-state index contributed by atoms with van der Waals surface area (Å²) < 4.78 is 0.714. The van der Waals surface area contributed by atoms with Crippen molar-refractivity contribution < 1.29 is 14.8 Å². The van der Waals surface area contributed by atoms with Crippen molar-refractivity contribution in [1.29, 1.82) is 0 Å². The number of rotatable bonds is 6. The molecule has 6 nitrogen and oxygen atoms in total. The molecule has 0 aromatic heterocycles. The number of carbonyl (C=O) groups excluding carboxylic acids is 2. The fraction of sp³-hybridized carbons (Fsp3) is 0. The Hall–Kier alpha value is -3.03. The Morgan fingerprint density at radius 3 is 2.35 bits per heavy atom. The molecule has 0 aliphatic heterocycles. The van der Waals surface area contributed by atoms with Crippen LogP contribution in [0.2, 0.25) is 0 Å². The standard InChI is InChI=1S/C19H16BrN3O3/c20-17(12-15-4-2-1-3-5-15)13-21-22-19(25)16-9-6-14(7-10-16)8-11-18(24)23-26/h1-13,26H,(H,22,25)(H,23,24). The van der Waals surface area contributed by atoms with Crippen molar-refractivity contribution in [3.05, 3.63) is 81.8 Å². The van der Waals surface area contributed by atoms with Crippen molar-refractivity contribution >= 4 is 46.1 Å². The second-order valence-electron chi connectivity index (χ2n) is 5.07. The van der Waals surface area contributed by atoms with Crippen LogP contribution in [-0.4, -0.2) is 23.2 Å². The van der Waals surface area contributed by atoms with Crippen LogP contribution >= 0.6 is 15.9 Å². The molecule has 0 fully saturated rings. The molecule has 7 heteroatoms. The van der Waals surface area contributed by atoms with Crippen molar-refractivity contribution in [2.75, 3.05) is 0 Å². The Balaban J connectivity index is 1.92. The van der Waals surface area contributed by atoms with Crippen molar-refractivity contribution in [2.24, 2.45) is 5.10 Å². The third-order valence-electron chi connectivity index (χ3n) is 3.17. The molecule has 0 atom stereocenters. The Bertz CT molecular complexity index is 844. The predicted octanol–water partition coefficient (Wildman–Crippen LogP) is 3.36. The van der Waals surface area contributed by atoms with Gasteiger partial charge >= 0.3 is 0 Å². The van der Waals surface area contributed by atoms with Gasteiger partial charge in [-0.25, -0.2) is 10.9 Å². The first-order chi connectivity index (χ1) is 12.6. The van der Waals surface area contributed by atoms with Gasteiger partial charge in [0, 0.05) is 16.1 Å². The number of amides is 2. The lowest BCUT2D eigenvalue weighted by molar-refractivity contribution is -0.124. The van der Waals surface area contributed by atoms with Gasteiger partial charge in [-0.05, 0) is 51.3 Å². The maximum atomic E-state index is 12.0. The van der Waals surface area contributed by atoms with Crippen LogP contribution in [0.25, 0.3) is 12.2 Å².